The van der Waals surface area contributed by atoms with E-state index in [1.807, 2.05) is 6.92 Å². The molecule has 1 aromatic carbocycles. The fraction of sp³-hybridized carbons (Fsp3) is 0.412. The van der Waals surface area contributed by atoms with Crippen molar-refractivity contribution >= 4 is 44.9 Å². The number of carbonyl (C=O) groups is 2. The molecule has 130 valence electrons. The predicted molar refractivity (Wildman–Crippen MR) is 99.2 cm³/mol. The summed E-state index contributed by atoms with van der Waals surface area (Å²) < 4.78 is 5.99. The van der Waals surface area contributed by atoms with Gasteiger partial charge in [-0.2, -0.15) is 0 Å². The molecule has 1 aliphatic rings. The standard InChI is InChI=1S/C17H20BrNO4S/c1-3-5-6-7-19-16(21)15(24-17(19)22)9-11-8-14(23-4-2)13(20)10-12(11)18/h8-10,20H,3-7H2,1-2H3/b15-9-. The van der Waals surface area contributed by atoms with Crippen LogP contribution in [0.2, 0.25) is 0 Å². The second-order valence-electron chi connectivity index (χ2n) is 5.31. The molecular weight excluding hydrogens is 394 g/mol. The van der Waals surface area contributed by atoms with Crippen molar-refractivity contribution in [3.05, 3.63) is 27.1 Å². The van der Waals surface area contributed by atoms with Crippen molar-refractivity contribution < 1.29 is 19.4 Å². The molecule has 0 aromatic heterocycles. The van der Waals surface area contributed by atoms with E-state index < -0.39 is 0 Å². The Morgan fingerprint density at radius 1 is 1.29 bits per heavy atom. The van der Waals surface area contributed by atoms with Crippen LogP contribution in [0, 0.1) is 0 Å². The number of amides is 2. The third-order valence-electron chi connectivity index (χ3n) is 3.52. The van der Waals surface area contributed by atoms with Gasteiger partial charge in [0.1, 0.15) is 0 Å². The average Bonchev–Trinajstić information content (AvgIpc) is 2.79. The molecule has 1 fully saturated rings. The highest BCUT2D eigenvalue weighted by Crippen LogP contribution is 2.37. The number of rotatable bonds is 7. The van der Waals surface area contributed by atoms with Gasteiger partial charge in [0.25, 0.3) is 11.1 Å². The molecule has 2 amide bonds. The van der Waals surface area contributed by atoms with Gasteiger partial charge in [0, 0.05) is 11.0 Å². The highest BCUT2D eigenvalue weighted by Gasteiger charge is 2.34. The summed E-state index contributed by atoms with van der Waals surface area (Å²) in [5.74, 6) is 0.0988. The predicted octanol–water partition coefficient (Wildman–Crippen LogP) is 4.78. The Morgan fingerprint density at radius 2 is 2.04 bits per heavy atom. The number of hydrogen-bond acceptors (Lipinski definition) is 5. The van der Waals surface area contributed by atoms with Gasteiger partial charge in [-0.15, -0.1) is 0 Å². The Bertz CT molecular complexity index is 675. The van der Waals surface area contributed by atoms with Crippen LogP contribution in [0.3, 0.4) is 0 Å². The van der Waals surface area contributed by atoms with Gasteiger partial charge < -0.3 is 9.84 Å². The zero-order valence-corrected chi connectivity index (χ0v) is 16.1. The lowest BCUT2D eigenvalue weighted by Crippen LogP contribution is -2.29. The Morgan fingerprint density at radius 3 is 2.71 bits per heavy atom. The van der Waals surface area contributed by atoms with Gasteiger partial charge in [-0.3, -0.25) is 14.5 Å². The average molecular weight is 414 g/mol. The number of aromatic hydroxyl groups is 1. The van der Waals surface area contributed by atoms with Gasteiger partial charge in [0.15, 0.2) is 11.5 Å². The summed E-state index contributed by atoms with van der Waals surface area (Å²) >= 11 is 4.30. The first kappa shape index (κ1) is 18.9. The van der Waals surface area contributed by atoms with E-state index in [1.54, 1.807) is 12.1 Å². The van der Waals surface area contributed by atoms with E-state index in [0.717, 1.165) is 31.0 Å². The van der Waals surface area contributed by atoms with E-state index in [1.165, 1.54) is 11.0 Å². The van der Waals surface area contributed by atoms with E-state index >= 15 is 0 Å². The van der Waals surface area contributed by atoms with Crippen LogP contribution in [0.25, 0.3) is 6.08 Å². The van der Waals surface area contributed by atoms with Gasteiger partial charge in [-0.1, -0.05) is 35.7 Å². The molecule has 0 unspecified atom stereocenters. The normalized spacial score (nSPS) is 16.3. The lowest BCUT2D eigenvalue weighted by molar-refractivity contribution is -0.122. The molecule has 0 spiro atoms. The third-order valence-corrected chi connectivity index (χ3v) is 5.12. The number of benzene rings is 1. The van der Waals surface area contributed by atoms with E-state index in [4.69, 9.17) is 4.74 Å². The van der Waals surface area contributed by atoms with E-state index in [-0.39, 0.29) is 16.9 Å². The van der Waals surface area contributed by atoms with Gasteiger partial charge in [0.2, 0.25) is 0 Å². The molecule has 0 atom stereocenters. The molecule has 1 heterocycles. The lowest BCUT2D eigenvalue weighted by atomic mass is 10.2. The molecule has 0 radical (unpaired) electrons. The minimum atomic E-state index is -0.265. The number of unbranched alkanes of at least 4 members (excludes halogenated alkanes) is 2. The van der Waals surface area contributed by atoms with Crippen LogP contribution in [-0.4, -0.2) is 34.3 Å². The first-order valence-corrected chi connectivity index (χ1v) is 9.49. The number of carbonyl (C=O) groups excluding carboxylic acids is 2. The number of phenolic OH excluding ortho intramolecular Hbond substituents is 1. The maximum Gasteiger partial charge on any atom is 0.293 e. The highest BCUT2D eigenvalue weighted by molar-refractivity contribution is 9.10. The van der Waals surface area contributed by atoms with Crippen molar-refractivity contribution in [2.45, 2.75) is 33.1 Å². The summed E-state index contributed by atoms with van der Waals surface area (Å²) in [6.07, 6.45) is 4.49. The Kier molecular flexibility index (Phi) is 6.74. The molecule has 0 bridgehead atoms. The Labute approximate surface area is 154 Å². The van der Waals surface area contributed by atoms with Crippen molar-refractivity contribution in [2.75, 3.05) is 13.2 Å². The first-order valence-electron chi connectivity index (χ1n) is 7.88. The molecule has 0 saturated carbocycles. The SMILES string of the molecule is CCCCCN1C(=O)S/C(=C\c2cc(OCC)c(O)cc2Br)C1=O. The van der Waals surface area contributed by atoms with Crippen LogP contribution in [-0.2, 0) is 4.79 Å². The second kappa shape index (κ2) is 8.58. The van der Waals surface area contributed by atoms with Crippen LogP contribution in [0.4, 0.5) is 4.79 Å². The summed E-state index contributed by atoms with van der Waals surface area (Å²) in [6, 6.07) is 3.16. The van der Waals surface area contributed by atoms with Gasteiger partial charge in [0.05, 0.1) is 11.5 Å². The van der Waals surface area contributed by atoms with Crippen molar-refractivity contribution in [1.29, 1.82) is 0 Å². The number of nitrogens with zero attached hydrogens (tertiary/aromatic N) is 1. The summed E-state index contributed by atoms with van der Waals surface area (Å²) in [5.41, 5.74) is 0.676. The van der Waals surface area contributed by atoms with Crippen LogP contribution in [0.5, 0.6) is 11.5 Å². The summed E-state index contributed by atoms with van der Waals surface area (Å²) in [4.78, 5) is 26.1. The van der Waals surface area contributed by atoms with Crippen molar-refractivity contribution in [3.63, 3.8) is 0 Å². The smallest absolute Gasteiger partial charge is 0.293 e. The zero-order valence-electron chi connectivity index (χ0n) is 13.7. The fourth-order valence-corrected chi connectivity index (χ4v) is 3.60. The van der Waals surface area contributed by atoms with E-state index in [2.05, 4.69) is 22.9 Å². The van der Waals surface area contributed by atoms with E-state index in [9.17, 15) is 14.7 Å². The first-order chi connectivity index (χ1) is 11.5. The molecule has 1 aliphatic heterocycles. The second-order valence-corrected chi connectivity index (χ2v) is 7.16. The number of phenols is 1. The fourth-order valence-electron chi connectivity index (χ4n) is 2.29. The number of halogens is 1. The number of thioether (sulfide) groups is 1. The Balaban J connectivity index is 2.24. The topological polar surface area (TPSA) is 66.8 Å². The van der Waals surface area contributed by atoms with Crippen molar-refractivity contribution in [1.82, 2.24) is 4.90 Å². The molecular formula is C17H20BrNO4S. The molecule has 2 rings (SSSR count). The minimum Gasteiger partial charge on any atom is -0.504 e. The maximum atomic E-state index is 12.4. The molecule has 1 saturated heterocycles. The van der Waals surface area contributed by atoms with Gasteiger partial charge in [-0.05, 0) is 48.9 Å². The molecule has 0 aliphatic carbocycles. The Hall–Kier alpha value is -1.47. The summed E-state index contributed by atoms with van der Waals surface area (Å²) in [6.45, 7) is 4.77. The number of imide groups is 1. The van der Waals surface area contributed by atoms with Gasteiger partial charge in [-0.25, -0.2) is 0 Å². The van der Waals surface area contributed by atoms with Crippen LogP contribution < -0.4 is 4.74 Å². The van der Waals surface area contributed by atoms with Crippen LogP contribution in [0.15, 0.2) is 21.5 Å². The van der Waals surface area contributed by atoms with Gasteiger partial charge >= 0.3 is 0 Å². The monoisotopic (exact) mass is 413 g/mol. The number of hydrogen-bond donors (Lipinski definition) is 1. The highest BCUT2D eigenvalue weighted by atomic mass is 79.9. The minimum absolute atomic E-state index is 0.0218. The molecule has 5 nitrogen and oxygen atoms in total. The van der Waals surface area contributed by atoms with E-state index in [0.29, 0.717) is 33.8 Å². The molecule has 1 N–H and O–H groups in total. The zero-order chi connectivity index (χ0) is 17.7. The number of ether oxygens (including phenoxy) is 1. The molecule has 24 heavy (non-hydrogen) atoms. The quantitative estimate of drug-likeness (QED) is 0.514. The van der Waals surface area contributed by atoms with Crippen molar-refractivity contribution in [3.8, 4) is 11.5 Å². The molecule has 7 heteroatoms. The molecule has 1 aromatic rings. The van der Waals surface area contributed by atoms with Crippen LogP contribution >= 0.6 is 27.7 Å². The lowest BCUT2D eigenvalue weighted by Gasteiger charge is -2.11. The maximum absolute atomic E-state index is 12.4. The van der Waals surface area contributed by atoms with Crippen LogP contribution in [0.1, 0.15) is 38.7 Å². The summed E-state index contributed by atoms with van der Waals surface area (Å²) in [5, 5.41) is 9.62. The largest absolute Gasteiger partial charge is 0.504 e. The summed E-state index contributed by atoms with van der Waals surface area (Å²) in [7, 11) is 0. The van der Waals surface area contributed by atoms with Crippen molar-refractivity contribution in [2.24, 2.45) is 0 Å². The third kappa shape index (κ3) is 4.33.